The minimum Gasteiger partial charge on any atom is -0.508 e. The van der Waals surface area contributed by atoms with Gasteiger partial charge in [0.1, 0.15) is 11.4 Å². The summed E-state index contributed by atoms with van der Waals surface area (Å²) in [6.07, 6.45) is 3.43. The molecule has 142 valence electrons. The van der Waals surface area contributed by atoms with Gasteiger partial charge >= 0.3 is 0 Å². The van der Waals surface area contributed by atoms with Gasteiger partial charge in [-0.05, 0) is 30.3 Å². The zero-order chi connectivity index (χ0) is 20.1. The van der Waals surface area contributed by atoms with Crippen LogP contribution in [0.25, 0.3) is 16.9 Å². The zero-order valence-corrected chi connectivity index (χ0v) is 15.4. The van der Waals surface area contributed by atoms with Gasteiger partial charge < -0.3 is 5.11 Å². The molecule has 0 fully saturated rings. The summed E-state index contributed by atoms with van der Waals surface area (Å²) < 4.78 is 1.78. The maximum atomic E-state index is 12.2. The van der Waals surface area contributed by atoms with Crippen LogP contribution in [0.2, 0.25) is 0 Å². The van der Waals surface area contributed by atoms with Crippen molar-refractivity contribution in [2.24, 2.45) is 5.10 Å². The average molecular weight is 382 g/mol. The summed E-state index contributed by atoms with van der Waals surface area (Å²) in [6, 6.07) is 25.6. The van der Waals surface area contributed by atoms with Crippen molar-refractivity contribution in [3.05, 3.63) is 102 Å². The monoisotopic (exact) mass is 382 g/mol. The predicted octanol–water partition coefficient (Wildman–Crippen LogP) is 4.01. The molecular formula is C23H18N4O2. The second-order valence-electron chi connectivity index (χ2n) is 6.33. The van der Waals surface area contributed by atoms with E-state index in [1.165, 1.54) is 12.1 Å². The second kappa shape index (κ2) is 8.22. The summed E-state index contributed by atoms with van der Waals surface area (Å²) >= 11 is 0. The van der Waals surface area contributed by atoms with Crippen molar-refractivity contribution in [3.63, 3.8) is 0 Å². The van der Waals surface area contributed by atoms with Crippen LogP contribution in [0.15, 0.2) is 96.2 Å². The number of nitrogens with zero attached hydrogens (tertiary/aromatic N) is 3. The lowest BCUT2D eigenvalue weighted by atomic mass is 10.1. The molecule has 4 rings (SSSR count). The predicted molar refractivity (Wildman–Crippen MR) is 112 cm³/mol. The van der Waals surface area contributed by atoms with Gasteiger partial charge in [0.15, 0.2) is 0 Å². The van der Waals surface area contributed by atoms with Crippen LogP contribution < -0.4 is 5.43 Å². The van der Waals surface area contributed by atoms with Crippen molar-refractivity contribution in [3.8, 4) is 22.7 Å². The number of phenolic OH excluding ortho intramolecular Hbond substituents is 1. The van der Waals surface area contributed by atoms with Crippen LogP contribution in [0.4, 0.5) is 0 Å². The summed E-state index contributed by atoms with van der Waals surface area (Å²) in [4.78, 5) is 12.2. The van der Waals surface area contributed by atoms with E-state index in [-0.39, 0.29) is 5.75 Å². The summed E-state index contributed by atoms with van der Waals surface area (Å²) in [5.74, 6) is -0.383. The number of amides is 1. The van der Waals surface area contributed by atoms with Crippen molar-refractivity contribution in [2.45, 2.75) is 0 Å². The van der Waals surface area contributed by atoms with Gasteiger partial charge in [0, 0.05) is 22.9 Å². The van der Waals surface area contributed by atoms with E-state index in [0.717, 1.165) is 22.5 Å². The third-order valence-electron chi connectivity index (χ3n) is 4.29. The topological polar surface area (TPSA) is 79.5 Å². The first-order valence-corrected chi connectivity index (χ1v) is 9.04. The Morgan fingerprint density at radius 3 is 2.41 bits per heavy atom. The lowest BCUT2D eigenvalue weighted by Crippen LogP contribution is -2.17. The molecule has 29 heavy (non-hydrogen) atoms. The van der Waals surface area contributed by atoms with Crippen molar-refractivity contribution in [1.82, 2.24) is 15.2 Å². The third kappa shape index (κ3) is 4.22. The molecule has 0 aliphatic heterocycles. The number of para-hydroxylation sites is 1. The van der Waals surface area contributed by atoms with Crippen LogP contribution in [0.3, 0.4) is 0 Å². The lowest BCUT2D eigenvalue weighted by molar-refractivity contribution is 0.0954. The van der Waals surface area contributed by atoms with Gasteiger partial charge in [-0.1, -0.05) is 54.6 Å². The third-order valence-corrected chi connectivity index (χ3v) is 4.29. The van der Waals surface area contributed by atoms with Gasteiger partial charge in [-0.25, -0.2) is 10.1 Å². The lowest BCUT2D eigenvalue weighted by Gasteiger charge is -2.01. The van der Waals surface area contributed by atoms with Crippen molar-refractivity contribution in [1.29, 1.82) is 0 Å². The van der Waals surface area contributed by atoms with Crippen LogP contribution in [0.1, 0.15) is 15.9 Å². The summed E-state index contributed by atoms with van der Waals surface area (Å²) in [5, 5.41) is 18.3. The number of nitrogens with one attached hydrogen (secondary N) is 1. The van der Waals surface area contributed by atoms with Crippen molar-refractivity contribution in [2.75, 3.05) is 0 Å². The molecule has 1 aromatic heterocycles. The number of hydrazone groups is 1. The highest BCUT2D eigenvalue weighted by atomic mass is 16.3. The Kier molecular flexibility index (Phi) is 5.16. The number of aromatic nitrogens is 2. The van der Waals surface area contributed by atoms with Gasteiger partial charge in [0.05, 0.1) is 11.9 Å². The Bertz CT molecular complexity index is 1150. The normalized spacial score (nSPS) is 10.9. The molecule has 0 saturated heterocycles. The molecule has 0 bridgehead atoms. The smallest absolute Gasteiger partial charge is 0.271 e. The highest BCUT2D eigenvalue weighted by molar-refractivity contribution is 5.96. The quantitative estimate of drug-likeness (QED) is 0.404. The Hall–Kier alpha value is -4.19. The van der Waals surface area contributed by atoms with Crippen LogP contribution in [0.5, 0.6) is 5.75 Å². The summed E-state index contributed by atoms with van der Waals surface area (Å²) in [7, 11) is 0. The number of aromatic hydroxyl groups is 1. The van der Waals surface area contributed by atoms with Gasteiger partial charge in [-0.15, -0.1) is 0 Å². The Balaban J connectivity index is 1.62. The minimum atomic E-state index is -0.408. The fourth-order valence-corrected chi connectivity index (χ4v) is 2.89. The molecular weight excluding hydrogens is 364 g/mol. The van der Waals surface area contributed by atoms with Gasteiger partial charge in [-0.3, -0.25) is 4.79 Å². The molecule has 0 radical (unpaired) electrons. The maximum Gasteiger partial charge on any atom is 0.271 e. The number of rotatable bonds is 5. The molecule has 2 N–H and O–H groups in total. The van der Waals surface area contributed by atoms with Crippen molar-refractivity contribution >= 4 is 12.1 Å². The molecule has 6 nitrogen and oxygen atoms in total. The number of carbonyl (C=O) groups excluding carboxylic acids is 1. The van der Waals surface area contributed by atoms with E-state index < -0.39 is 5.91 Å². The molecule has 0 aliphatic rings. The number of hydrogen-bond donors (Lipinski definition) is 2. The van der Waals surface area contributed by atoms with Crippen LogP contribution in [-0.4, -0.2) is 27.0 Å². The van der Waals surface area contributed by atoms with Gasteiger partial charge in [-0.2, -0.15) is 10.2 Å². The first-order chi connectivity index (χ1) is 14.2. The molecule has 1 heterocycles. The van der Waals surface area contributed by atoms with E-state index in [0.29, 0.717) is 5.56 Å². The number of hydrogen-bond acceptors (Lipinski definition) is 4. The van der Waals surface area contributed by atoms with E-state index >= 15 is 0 Å². The highest BCUT2D eigenvalue weighted by Gasteiger charge is 2.11. The summed E-state index contributed by atoms with van der Waals surface area (Å²) in [6.45, 7) is 0. The fraction of sp³-hybridized carbons (Fsp3) is 0. The van der Waals surface area contributed by atoms with E-state index in [1.807, 2.05) is 66.9 Å². The molecule has 3 aromatic carbocycles. The van der Waals surface area contributed by atoms with E-state index in [9.17, 15) is 9.90 Å². The van der Waals surface area contributed by atoms with Crippen LogP contribution in [-0.2, 0) is 0 Å². The molecule has 1 amide bonds. The SMILES string of the molecule is O=C(N/N=C\c1cn(-c2ccccc2)nc1-c1ccccc1)c1cccc(O)c1. The molecule has 6 heteroatoms. The van der Waals surface area contributed by atoms with Crippen LogP contribution in [0, 0.1) is 0 Å². The Labute approximate surface area is 167 Å². The first-order valence-electron chi connectivity index (χ1n) is 9.04. The van der Waals surface area contributed by atoms with Gasteiger partial charge in [0.2, 0.25) is 0 Å². The highest BCUT2D eigenvalue weighted by Crippen LogP contribution is 2.22. The average Bonchev–Trinajstić information content (AvgIpc) is 3.19. The largest absolute Gasteiger partial charge is 0.508 e. The van der Waals surface area contributed by atoms with Crippen LogP contribution >= 0.6 is 0 Å². The molecule has 0 saturated carbocycles. The molecule has 0 unspecified atom stereocenters. The zero-order valence-electron chi connectivity index (χ0n) is 15.4. The Morgan fingerprint density at radius 2 is 1.69 bits per heavy atom. The Morgan fingerprint density at radius 1 is 0.966 bits per heavy atom. The molecule has 0 atom stereocenters. The van der Waals surface area contributed by atoms with Gasteiger partial charge in [0.25, 0.3) is 5.91 Å². The number of carbonyl (C=O) groups is 1. The standard InChI is InChI=1S/C23H18N4O2/c28-21-13-7-10-18(14-21)23(29)25-24-15-19-16-27(20-11-5-2-6-12-20)26-22(19)17-8-3-1-4-9-17/h1-16,28H,(H,25,29)/b24-15-. The first kappa shape index (κ1) is 18.2. The van der Waals surface area contributed by atoms with Crippen molar-refractivity contribution < 1.29 is 9.90 Å². The van der Waals surface area contributed by atoms with E-state index in [4.69, 9.17) is 5.10 Å². The number of phenols is 1. The summed E-state index contributed by atoms with van der Waals surface area (Å²) in [5.41, 5.74) is 6.20. The molecule has 4 aromatic rings. The fourth-order valence-electron chi connectivity index (χ4n) is 2.89. The molecule has 0 spiro atoms. The molecule has 0 aliphatic carbocycles. The minimum absolute atomic E-state index is 0.0251. The van der Waals surface area contributed by atoms with E-state index in [2.05, 4.69) is 10.5 Å². The van der Waals surface area contributed by atoms with E-state index in [1.54, 1.807) is 23.0 Å². The maximum absolute atomic E-state index is 12.2. The second-order valence-corrected chi connectivity index (χ2v) is 6.33. The number of benzene rings is 3.